The summed E-state index contributed by atoms with van der Waals surface area (Å²) in [5, 5.41) is 12.2. The van der Waals surface area contributed by atoms with Gasteiger partial charge in [-0.1, -0.05) is 6.92 Å². The summed E-state index contributed by atoms with van der Waals surface area (Å²) >= 11 is 0. The first-order valence-electron chi connectivity index (χ1n) is 5.79. The van der Waals surface area contributed by atoms with Crippen LogP contribution in [0.2, 0.25) is 0 Å². The standard InChI is InChI=1S/C11H16F3NO5/c1-4-6(8(16)17)7(9(18)20-5(2)3)15-10(19)11(12,13)14/h5-7H,4H2,1-3H3,(H,15,19)(H,16,17)/p-1/t6-,7-/m0/s1. The molecule has 0 unspecified atom stereocenters. The maximum atomic E-state index is 12.2. The van der Waals surface area contributed by atoms with Crippen molar-refractivity contribution in [1.82, 2.24) is 5.32 Å². The van der Waals surface area contributed by atoms with E-state index in [9.17, 15) is 32.7 Å². The molecule has 9 heteroatoms. The number of halogens is 3. The van der Waals surface area contributed by atoms with Crippen LogP contribution in [0.3, 0.4) is 0 Å². The lowest BCUT2D eigenvalue weighted by atomic mass is 9.97. The summed E-state index contributed by atoms with van der Waals surface area (Å²) < 4.78 is 41.2. The Morgan fingerprint density at radius 1 is 1.25 bits per heavy atom. The lowest BCUT2D eigenvalue weighted by Gasteiger charge is -2.27. The van der Waals surface area contributed by atoms with Crippen LogP contribution in [0.4, 0.5) is 13.2 Å². The number of amides is 1. The fraction of sp³-hybridized carbons (Fsp3) is 0.727. The van der Waals surface area contributed by atoms with Crippen molar-refractivity contribution < 1.29 is 37.4 Å². The van der Waals surface area contributed by atoms with Gasteiger partial charge in [0.15, 0.2) is 0 Å². The van der Waals surface area contributed by atoms with Gasteiger partial charge in [-0.2, -0.15) is 13.2 Å². The predicted octanol–water partition coefficient (Wildman–Crippen LogP) is -0.239. The number of nitrogens with one attached hydrogen (secondary N) is 1. The van der Waals surface area contributed by atoms with Gasteiger partial charge in [0.25, 0.3) is 0 Å². The first-order chi connectivity index (χ1) is 9.00. The van der Waals surface area contributed by atoms with Gasteiger partial charge >= 0.3 is 18.1 Å². The Bertz CT molecular complexity index is 381. The maximum Gasteiger partial charge on any atom is 0.471 e. The highest BCUT2D eigenvalue weighted by atomic mass is 19.4. The van der Waals surface area contributed by atoms with Gasteiger partial charge in [0.2, 0.25) is 0 Å². The molecule has 0 aliphatic heterocycles. The number of aliphatic carboxylic acids is 1. The fourth-order valence-electron chi connectivity index (χ4n) is 1.39. The van der Waals surface area contributed by atoms with E-state index in [1.807, 2.05) is 0 Å². The van der Waals surface area contributed by atoms with Crippen molar-refractivity contribution in [2.24, 2.45) is 5.92 Å². The second kappa shape index (κ2) is 7.11. The first-order valence-corrected chi connectivity index (χ1v) is 5.79. The number of ether oxygens (including phenoxy) is 1. The van der Waals surface area contributed by atoms with Gasteiger partial charge in [-0.3, -0.25) is 4.79 Å². The zero-order valence-corrected chi connectivity index (χ0v) is 11.1. The quantitative estimate of drug-likeness (QED) is 0.683. The second-order valence-electron chi connectivity index (χ2n) is 4.27. The van der Waals surface area contributed by atoms with Gasteiger partial charge in [-0.05, 0) is 20.3 Å². The summed E-state index contributed by atoms with van der Waals surface area (Å²) in [5.41, 5.74) is 0. The predicted molar refractivity (Wildman–Crippen MR) is 58.0 cm³/mol. The average Bonchev–Trinajstić information content (AvgIpc) is 2.25. The summed E-state index contributed by atoms with van der Waals surface area (Å²) in [6.07, 6.45) is -6.12. The van der Waals surface area contributed by atoms with Gasteiger partial charge in [-0.15, -0.1) is 0 Å². The van der Waals surface area contributed by atoms with Crippen LogP contribution in [0, 0.1) is 5.92 Å². The van der Waals surface area contributed by atoms with Crippen LogP contribution in [0.1, 0.15) is 27.2 Å². The molecule has 0 bridgehead atoms. The molecule has 0 fully saturated rings. The van der Waals surface area contributed by atoms with Crippen LogP contribution in [0.15, 0.2) is 0 Å². The van der Waals surface area contributed by atoms with Crippen molar-refractivity contribution in [2.45, 2.75) is 45.5 Å². The minimum absolute atomic E-state index is 0.210. The van der Waals surface area contributed by atoms with E-state index in [4.69, 9.17) is 0 Å². The van der Waals surface area contributed by atoms with Crippen LogP contribution in [-0.4, -0.2) is 36.2 Å². The Labute approximate surface area is 113 Å². The molecule has 20 heavy (non-hydrogen) atoms. The van der Waals surface area contributed by atoms with Crippen molar-refractivity contribution in [3.63, 3.8) is 0 Å². The molecule has 2 atom stereocenters. The largest absolute Gasteiger partial charge is 0.550 e. The second-order valence-corrected chi connectivity index (χ2v) is 4.27. The minimum Gasteiger partial charge on any atom is -0.550 e. The van der Waals surface area contributed by atoms with Gasteiger partial charge < -0.3 is 20.0 Å². The molecule has 0 saturated heterocycles. The van der Waals surface area contributed by atoms with E-state index in [1.54, 1.807) is 0 Å². The lowest BCUT2D eigenvalue weighted by molar-refractivity contribution is -0.312. The number of carbonyl (C=O) groups excluding carboxylic acids is 3. The number of alkyl halides is 3. The zero-order chi connectivity index (χ0) is 16.1. The van der Waals surface area contributed by atoms with Crippen molar-refractivity contribution >= 4 is 17.8 Å². The number of carboxylic acids is 1. The molecule has 0 radical (unpaired) electrons. The Kier molecular flexibility index (Phi) is 6.47. The normalized spacial score (nSPS) is 14.6. The topological polar surface area (TPSA) is 95.5 Å². The van der Waals surface area contributed by atoms with Crippen LogP contribution < -0.4 is 10.4 Å². The highest BCUT2D eigenvalue weighted by Crippen LogP contribution is 2.17. The van der Waals surface area contributed by atoms with E-state index in [2.05, 4.69) is 4.74 Å². The van der Waals surface area contributed by atoms with Crippen molar-refractivity contribution in [2.75, 3.05) is 0 Å². The maximum absolute atomic E-state index is 12.2. The van der Waals surface area contributed by atoms with E-state index >= 15 is 0 Å². The molecular formula is C11H15F3NO5-. The number of hydrogen-bond acceptors (Lipinski definition) is 5. The number of hydrogen-bond donors (Lipinski definition) is 1. The third-order valence-corrected chi connectivity index (χ3v) is 2.29. The monoisotopic (exact) mass is 298 g/mol. The Hall–Kier alpha value is -1.80. The van der Waals surface area contributed by atoms with Gasteiger partial charge in [0.1, 0.15) is 6.04 Å². The zero-order valence-electron chi connectivity index (χ0n) is 11.1. The molecule has 116 valence electrons. The smallest absolute Gasteiger partial charge is 0.471 e. The summed E-state index contributed by atoms with van der Waals surface area (Å²) in [7, 11) is 0. The van der Waals surface area contributed by atoms with E-state index < -0.39 is 42.1 Å². The van der Waals surface area contributed by atoms with Crippen LogP contribution in [-0.2, 0) is 19.1 Å². The molecule has 0 aromatic heterocycles. The van der Waals surface area contributed by atoms with Gasteiger partial charge in [0.05, 0.1) is 6.10 Å². The van der Waals surface area contributed by atoms with E-state index in [-0.39, 0.29) is 6.42 Å². The van der Waals surface area contributed by atoms with Crippen LogP contribution in [0.5, 0.6) is 0 Å². The molecule has 6 nitrogen and oxygen atoms in total. The number of carboxylic acid groups (broad SMARTS) is 1. The Morgan fingerprint density at radius 3 is 2.05 bits per heavy atom. The van der Waals surface area contributed by atoms with Crippen molar-refractivity contribution in [3.05, 3.63) is 0 Å². The van der Waals surface area contributed by atoms with E-state index in [1.165, 1.54) is 26.1 Å². The molecule has 0 rings (SSSR count). The van der Waals surface area contributed by atoms with Gasteiger partial charge in [0, 0.05) is 11.9 Å². The highest BCUT2D eigenvalue weighted by molar-refractivity contribution is 5.90. The average molecular weight is 298 g/mol. The summed E-state index contributed by atoms with van der Waals surface area (Å²) in [6.45, 7) is 4.19. The third kappa shape index (κ3) is 5.45. The summed E-state index contributed by atoms with van der Waals surface area (Å²) in [4.78, 5) is 33.3. The van der Waals surface area contributed by atoms with E-state index in [0.29, 0.717) is 0 Å². The molecule has 0 aromatic carbocycles. The fourth-order valence-corrected chi connectivity index (χ4v) is 1.39. The van der Waals surface area contributed by atoms with Crippen molar-refractivity contribution in [3.8, 4) is 0 Å². The van der Waals surface area contributed by atoms with Crippen LogP contribution >= 0.6 is 0 Å². The number of carbonyl (C=O) groups is 3. The molecule has 0 aromatic rings. The summed E-state index contributed by atoms with van der Waals surface area (Å²) in [6, 6.07) is -1.96. The number of esters is 1. The lowest BCUT2D eigenvalue weighted by Crippen LogP contribution is -2.55. The van der Waals surface area contributed by atoms with E-state index in [0.717, 1.165) is 0 Å². The van der Waals surface area contributed by atoms with Crippen LogP contribution in [0.25, 0.3) is 0 Å². The molecule has 0 aliphatic rings. The number of rotatable bonds is 6. The molecule has 1 amide bonds. The first kappa shape index (κ1) is 18.2. The minimum atomic E-state index is -5.24. The third-order valence-electron chi connectivity index (χ3n) is 2.29. The van der Waals surface area contributed by atoms with Crippen molar-refractivity contribution in [1.29, 1.82) is 0 Å². The molecule has 0 aliphatic carbocycles. The molecule has 0 spiro atoms. The molecular weight excluding hydrogens is 283 g/mol. The Morgan fingerprint density at radius 2 is 1.75 bits per heavy atom. The highest BCUT2D eigenvalue weighted by Gasteiger charge is 2.43. The SMILES string of the molecule is CC[C@H](C(=O)[O-])[C@H](NC(=O)C(F)(F)F)C(=O)OC(C)C. The molecule has 0 saturated carbocycles. The summed E-state index contributed by atoms with van der Waals surface area (Å²) in [5.74, 6) is -7.04. The molecule has 1 N–H and O–H groups in total. The molecule has 0 heterocycles. The Balaban J connectivity index is 5.21. The van der Waals surface area contributed by atoms with Gasteiger partial charge in [-0.25, -0.2) is 4.79 Å².